The van der Waals surface area contributed by atoms with Crippen molar-refractivity contribution in [2.24, 2.45) is 0 Å². The molecule has 0 bridgehead atoms. The fraction of sp³-hybridized carbons (Fsp3) is 0. The molecule has 0 saturated carbocycles. The van der Waals surface area contributed by atoms with Gasteiger partial charge in [-0.05, 0) is 23.6 Å². The summed E-state index contributed by atoms with van der Waals surface area (Å²) in [4.78, 5) is 29.6. The molecule has 0 spiro atoms. The van der Waals surface area contributed by atoms with Crippen LogP contribution in [0.25, 0.3) is 77.7 Å². The summed E-state index contributed by atoms with van der Waals surface area (Å²) in [6, 6.07) is 46.3. The summed E-state index contributed by atoms with van der Waals surface area (Å²) >= 11 is 0. The monoisotopic (exact) mass is 565 g/mol. The first kappa shape index (κ1) is 24.5. The minimum Gasteiger partial charge on any atom is -0.278 e. The zero-order valence-electron chi connectivity index (χ0n) is 23.4. The lowest BCUT2D eigenvalue weighted by Crippen LogP contribution is -2.15. The molecule has 206 valence electrons. The van der Waals surface area contributed by atoms with Gasteiger partial charge in [-0.3, -0.25) is 13.8 Å². The highest BCUT2D eigenvalue weighted by molar-refractivity contribution is 6.16. The zero-order chi connectivity index (χ0) is 29.2. The molecular weight excluding hydrogens is 542 g/mol. The van der Waals surface area contributed by atoms with E-state index in [4.69, 9.17) is 15.0 Å². The van der Waals surface area contributed by atoms with E-state index in [1.165, 1.54) is 0 Å². The summed E-state index contributed by atoms with van der Waals surface area (Å²) in [5, 5.41) is 4.62. The molecule has 0 saturated heterocycles. The molecule has 0 radical (unpaired) electrons. The van der Waals surface area contributed by atoms with Crippen LogP contribution in [0.1, 0.15) is 0 Å². The lowest BCUT2D eigenvalue weighted by Gasteiger charge is -2.13. The van der Waals surface area contributed by atoms with Crippen LogP contribution in [-0.4, -0.2) is 23.9 Å². The molecule has 0 aliphatic rings. The van der Waals surface area contributed by atoms with E-state index in [-0.39, 0.29) is 5.56 Å². The van der Waals surface area contributed by atoms with E-state index in [0.29, 0.717) is 23.0 Å². The first-order valence-electron chi connectivity index (χ1n) is 14.5. The van der Waals surface area contributed by atoms with Crippen molar-refractivity contribution in [2.45, 2.75) is 0 Å². The Morgan fingerprint density at radius 3 is 1.57 bits per heavy atom. The third-order valence-corrected chi connectivity index (χ3v) is 8.37. The standard InChI is InChI=1S/C38H23N5O/c44-37-34-29-20-10-12-22-31(29)43(33(34)23-32-28-19-8-7-17-26(28)27-18-9-11-21-30(27)42(32)37)38-40-35(24-13-3-1-4-14-24)39-36(41-38)25-15-5-2-6-16-25/h1-23H. The SMILES string of the molecule is O=c1c2c3ccccc3n(-c3nc(-c4ccccc4)nc(-c4ccccc4)n3)c2cc2c3ccccc3c3ccccc3n12. The number of aromatic nitrogens is 5. The molecule has 4 heterocycles. The third kappa shape index (κ3) is 3.55. The average Bonchev–Trinajstić information content (AvgIpc) is 3.43. The van der Waals surface area contributed by atoms with Gasteiger partial charge in [-0.25, -0.2) is 4.98 Å². The average molecular weight is 566 g/mol. The zero-order valence-corrected chi connectivity index (χ0v) is 23.4. The highest BCUT2D eigenvalue weighted by Gasteiger charge is 2.22. The molecule has 0 aliphatic carbocycles. The van der Waals surface area contributed by atoms with Crippen molar-refractivity contribution in [3.8, 4) is 28.7 Å². The highest BCUT2D eigenvalue weighted by Crippen LogP contribution is 2.35. The molecule has 0 unspecified atom stereocenters. The Labute approximate surface area is 251 Å². The molecular formula is C38H23N5O. The fourth-order valence-electron chi connectivity index (χ4n) is 6.42. The molecule has 44 heavy (non-hydrogen) atoms. The number of rotatable bonds is 3. The largest absolute Gasteiger partial charge is 0.278 e. The molecule has 0 fully saturated rings. The molecule has 9 rings (SSSR count). The number of pyridine rings is 2. The smallest absolute Gasteiger partial charge is 0.265 e. The van der Waals surface area contributed by atoms with Gasteiger partial charge in [-0.1, -0.05) is 121 Å². The van der Waals surface area contributed by atoms with Crippen LogP contribution >= 0.6 is 0 Å². The molecule has 0 N–H and O–H groups in total. The van der Waals surface area contributed by atoms with E-state index in [2.05, 4.69) is 24.3 Å². The van der Waals surface area contributed by atoms with Gasteiger partial charge in [0.15, 0.2) is 11.6 Å². The van der Waals surface area contributed by atoms with E-state index in [9.17, 15) is 4.79 Å². The van der Waals surface area contributed by atoms with Crippen LogP contribution in [0.2, 0.25) is 0 Å². The van der Waals surface area contributed by atoms with E-state index >= 15 is 0 Å². The number of benzene rings is 5. The van der Waals surface area contributed by atoms with Crippen molar-refractivity contribution >= 4 is 49.0 Å². The Bertz CT molecular complexity index is 2560. The summed E-state index contributed by atoms with van der Waals surface area (Å²) in [6.45, 7) is 0. The third-order valence-electron chi connectivity index (χ3n) is 8.37. The van der Waals surface area contributed by atoms with Crippen LogP contribution in [-0.2, 0) is 0 Å². The van der Waals surface area contributed by atoms with Gasteiger partial charge in [0.2, 0.25) is 5.95 Å². The quantitative estimate of drug-likeness (QED) is 0.203. The second kappa shape index (κ2) is 9.44. The summed E-state index contributed by atoms with van der Waals surface area (Å²) in [6.07, 6.45) is 0. The molecule has 5 aromatic carbocycles. The second-order valence-electron chi connectivity index (χ2n) is 10.9. The predicted molar refractivity (Wildman–Crippen MR) is 177 cm³/mol. The van der Waals surface area contributed by atoms with Gasteiger partial charge in [-0.2, -0.15) is 9.97 Å². The summed E-state index contributed by atoms with van der Waals surface area (Å²) < 4.78 is 3.87. The van der Waals surface area contributed by atoms with Gasteiger partial charge in [0.1, 0.15) is 0 Å². The fourth-order valence-corrected chi connectivity index (χ4v) is 6.42. The summed E-state index contributed by atoms with van der Waals surface area (Å²) in [5.74, 6) is 1.58. The summed E-state index contributed by atoms with van der Waals surface area (Å²) in [5.41, 5.74) is 5.02. The van der Waals surface area contributed by atoms with Crippen molar-refractivity contribution < 1.29 is 0 Å². The van der Waals surface area contributed by atoms with Crippen LogP contribution in [0.5, 0.6) is 0 Å². The maximum absolute atomic E-state index is 14.7. The normalized spacial score (nSPS) is 11.7. The van der Waals surface area contributed by atoms with Crippen LogP contribution in [0.4, 0.5) is 0 Å². The predicted octanol–water partition coefficient (Wildman–Crippen LogP) is 8.22. The van der Waals surface area contributed by atoms with E-state index in [1.54, 1.807) is 0 Å². The maximum atomic E-state index is 14.7. The van der Waals surface area contributed by atoms with Gasteiger partial charge in [0.25, 0.3) is 5.56 Å². The van der Waals surface area contributed by atoms with Crippen LogP contribution in [0.3, 0.4) is 0 Å². The van der Waals surface area contributed by atoms with Crippen molar-refractivity contribution in [3.05, 3.63) is 150 Å². The van der Waals surface area contributed by atoms with Crippen molar-refractivity contribution in [1.82, 2.24) is 23.9 Å². The molecule has 9 aromatic rings. The first-order chi connectivity index (χ1) is 21.8. The Balaban J connectivity index is 1.46. The van der Waals surface area contributed by atoms with Crippen LogP contribution in [0, 0.1) is 0 Å². The Morgan fingerprint density at radius 2 is 0.932 bits per heavy atom. The number of nitrogens with zero attached hydrogens (tertiary/aromatic N) is 5. The number of fused-ring (bicyclic) bond motifs is 9. The Kier molecular flexibility index (Phi) is 5.25. The van der Waals surface area contributed by atoms with Gasteiger partial charge < -0.3 is 0 Å². The van der Waals surface area contributed by atoms with E-state index < -0.39 is 0 Å². The maximum Gasteiger partial charge on any atom is 0.265 e. The molecule has 0 aliphatic heterocycles. The minimum atomic E-state index is -0.0741. The van der Waals surface area contributed by atoms with Gasteiger partial charge in [0, 0.05) is 27.3 Å². The topological polar surface area (TPSA) is 65.1 Å². The van der Waals surface area contributed by atoms with Gasteiger partial charge in [-0.15, -0.1) is 0 Å². The van der Waals surface area contributed by atoms with Crippen LogP contribution < -0.4 is 5.56 Å². The molecule has 4 aromatic heterocycles. The Morgan fingerprint density at radius 1 is 0.432 bits per heavy atom. The lowest BCUT2D eigenvalue weighted by molar-refractivity contribution is 0.953. The molecule has 6 nitrogen and oxygen atoms in total. The summed E-state index contributed by atoms with van der Waals surface area (Å²) in [7, 11) is 0. The van der Waals surface area contributed by atoms with Crippen molar-refractivity contribution in [1.29, 1.82) is 0 Å². The first-order valence-corrected chi connectivity index (χ1v) is 14.5. The van der Waals surface area contributed by atoms with Gasteiger partial charge in [0.05, 0.1) is 27.5 Å². The molecule has 0 atom stereocenters. The van der Waals surface area contributed by atoms with Crippen molar-refractivity contribution in [2.75, 3.05) is 0 Å². The van der Waals surface area contributed by atoms with E-state index in [1.807, 2.05) is 124 Å². The number of para-hydroxylation sites is 2. The molecule has 6 heteroatoms. The lowest BCUT2D eigenvalue weighted by atomic mass is 10.0. The van der Waals surface area contributed by atoms with Crippen LogP contribution in [0.15, 0.2) is 144 Å². The molecule has 0 amide bonds. The van der Waals surface area contributed by atoms with Gasteiger partial charge >= 0.3 is 0 Å². The Hall–Kier alpha value is -6.14. The minimum absolute atomic E-state index is 0.0741. The number of hydrogen-bond donors (Lipinski definition) is 0. The second-order valence-corrected chi connectivity index (χ2v) is 10.9. The highest BCUT2D eigenvalue weighted by atomic mass is 16.1. The van der Waals surface area contributed by atoms with E-state index in [0.717, 1.165) is 54.7 Å². The number of hydrogen-bond acceptors (Lipinski definition) is 4. The van der Waals surface area contributed by atoms with Crippen molar-refractivity contribution in [3.63, 3.8) is 0 Å².